The van der Waals surface area contributed by atoms with E-state index in [1.165, 1.54) is 18.3 Å². The topological polar surface area (TPSA) is 136 Å². The van der Waals surface area contributed by atoms with Crippen molar-refractivity contribution in [1.82, 2.24) is 9.97 Å². The molecule has 2 aromatic rings. The molecule has 2 rings (SSSR count). The molecule has 0 saturated heterocycles. The van der Waals surface area contributed by atoms with Gasteiger partial charge in [0.1, 0.15) is 11.6 Å². The Labute approximate surface area is 152 Å². The lowest BCUT2D eigenvalue weighted by atomic mass is 10.2. The molecular weight excluding hydrogens is 358 g/mol. The molecule has 1 aromatic carbocycles. The Morgan fingerprint density at radius 3 is 2.46 bits per heavy atom. The van der Waals surface area contributed by atoms with E-state index >= 15 is 0 Å². The van der Waals surface area contributed by atoms with Crippen LogP contribution in [0.4, 0.5) is 17.5 Å². The van der Waals surface area contributed by atoms with Gasteiger partial charge in [0, 0.05) is 18.4 Å². The van der Waals surface area contributed by atoms with Crippen molar-refractivity contribution in [2.24, 2.45) is 11.7 Å². The van der Waals surface area contributed by atoms with Crippen molar-refractivity contribution in [2.45, 2.75) is 13.8 Å². The summed E-state index contributed by atoms with van der Waals surface area (Å²) in [5.74, 6) is 0.538. The van der Waals surface area contributed by atoms with Gasteiger partial charge in [0.2, 0.25) is 5.95 Å². The average Bonchev–Trinajstić information content (AvgIpc) is 2.53. The molecule has 0 aliphatic rings. The molecule has 0 radical (unpaired) electrons. The van der Waals surface area contributed by atoms with E-state index in [9.17, 15) is 13.2 Å². The SMILES string of the molecule is CC(C)CNc1nc(Nc2ccc(OS(C)(=O)=O)cc2)ncc1C(N)=O. The highest BCUT2D eigenvalue weighted by Gasteiger charge is 2.13. The van der Waals surface area contributed by atoms with Gasteiger partial charge in [-0.25, -0.2) is 4.98 Å². The van der Waals surface area contributed by atoms with E-state index in [-0.39, 0.29) is 17.3 Å². The van der Waals surface area contributed by atoms with Gasteiger partial charge in [0.05, 0.1) is 11.8 Å². The monoisotopic (exact) mass is 379 g/mol. The van der Waals surface area contributed by atoms with Gasteiger partial charge in [0.15, 0.2) is 0 Å². The highest BCUT2D eigenvalue weighted by molar-refractivity contribution is 7.86. The first-order valence-electron chi connectivity index (χ1n) is 7.81. The number of nitrogens with one attached hydrogen (secondary N) is 2. The number of rotatable bonds is 8. The first-order chi connectivity index (χ1) is 12.1. The van der Waals surface area contributed by atoms with Gasteiger partial charge in [-0.15, -0.1) is 0 Å². The fourth-order valence-corrected chi connectivity index (χ4v) is 2.42. The summed E-state index contributed by atoms with van der Waals surface area (Å²) in [6.45, 7) is 4.67. The first-order valence-corrected chi connectivity index (χ1v) is 9.63. The van der Waals surface area contributed by atoms with Crippen LogP contribution in [-0.2, 0) is 10.1 Å². The van der Waals surface area contributed by atoms with E-state index in [4.69, 9.17) is 9.92 Å². The Hall–Kier alpha value is -2.88. The van der Waals surface area contributed by atoms with E-state index < -0.39 is 16.0 Å². The van der Waals surface area contributed by atoms with E-state index in [2.05, 4.69) is 20.6 Å². The minimum Gasteiger partial charge on any atom is -0.383 e. The quantitative estimate of drug-likeness (QED) is 0.590. The molecule has 0 aliphatic heterocycles. The van der Waals surface area contributed by atoms with E-state index in [1.54, 1.807) is 12.1 Å². The van der Waals surface area contributed by atoms with Crippen LogP contribution >= 0.6 is 0 Å². The van der Waals surface area contributed by atoms with Gasteiger partial charge in [-0.1, -0.05) is 13.8 Å². The Balaban J connectivity index is 2.18. The highest BCUT2D eigenvalue weighted by atomic mass is 32.2. The molecule has 0 spiro atoms. The zero-order valence-electron chi connectivity index (χ0n) is 14.7. The van der Waals surface area contributed by atoms with Crippen molar-refractivity contribution in [3.63, 3.8) is 0 Å². The van der Waals surface area contributed by atoms with Crippen LogP contribution in [0.1, 0.15) is 24.2 Å². The molecule has 1 aromatic heterocycles. The third kappa shape index (κ3) is 5.88. The molecule has 0 saturated carbocycles. The van der Waals surface area contributed by atoms with E-state index in [0.717, 1.165) is 6.26 Å². The number of carbonyl (C=O) groups excluding carboxylic acids is 1. The van der Waals surface area contributed by atoms with E-state index in [0.29, 0.717) is 24.0 Å². The Morgan fingerprint density at radius 1 is 1.27 bits per heavy atom. The third-order valence-corrected chi connectivity index (χ3v) is 3.59. The number of aromatic nitrogens is 2. The standard InChI is InChI=1S/C16H21N5O4S/c1-10(2)8-18-15-13(14(17)22)9-19-16(21-15)20-11-4-6-12(7-5-11)25-26(3,23)24/h4-7,9-10H,8H2,1-3H3,(H2,17,22)(H2,18,19,20,21). The summed E-state index contributed by atoms with van der Waals surface area (Å²) < 4.78 is 27.0. The molecule has 9 nitrogen and oxygen atoms in total. The summed E-state index contributed by atoms with van der Waals surface area (Å²) >= 11 is 0. The Bertz CT molecular complexity index is 882. The number of nitrogens with zero attached hydrogens (tertiary/aromatic N) is 2. The van der Waals surface area contributed by atoms with Crippen LogP contribution in [0, 0.1) is 5.92 Å². The maximum Gasteiger partial charge on any atom is 0.306 e. The molecule has 1 amide bonds. The minimum absolute atomic E-state index is 0.197. The summed E-state index contributed by atoms with van der Waals surface area (Å²) in [7, 11) is -3.58. The van der Waals surface area contributed by atoms with Crippen molar-refractivity contribution in [2.75, 3.05) is 23.4 Å². The number of primary amides is 1. The van der Waals surface area contributed by atoms with E-state index in [1.807, 2.05) is 13.8 Å². The molecule has 0 atom stereocenters. The van der Waals surface area contributed by atoms with Gasteiger partial charge in [-0.2, -0.15) is 13.4 Å². The molecule has 10 heteroatoms. The second kappa shape index (κ2) is 8.00. The second-order valence-corrected chi connectivity index (χ2v) is 7.61. The van der Waals surface area contributed by atoms with Gasteiger partial charge < -0.3 is 20.6 Å². The van der Waals surface area contributed by atoms with Gasteiger partial charge in [0.25, 0.3) is 5.91 Å². The molecule has 4 N–H and O–H groups in total. The van der Waals surface area contributed by atoms with Crippen molar-refractivity contribution in [1.29, 1.82) is 0 Å². The fourth-order valence-electron chi connectivity index (χ4n) is 1.96. The lowest BCUT2D eigenvalue weighted by Gasteiger charge is -2.13. The lowest BCUT2D eigenvalue weighted by molar-refractivity contribution is 0.100. The second-order valence-electron chi connectivity index (χ2n) is 6.03. The molecule has 0 fully saturated rings. The van der Waals surface area contributed by atoms with Crippen LogP contribution < -0.4 is 20.6 Å². The summed E-state index contributed by atoms with van der Waals surface area (Å²) in [5, 5.41) is 6.05. The van der Waals surface area contributed by atoms with Crippen molar-refractivity contribution < 1.29 is 17.4 Å². The average molecular weight is 379 g/mol. The zero-order chi connectivity index (χ0) is 19.3. The zero-order valence-corrected chi connectivity index (χ0v) is 15.5. The number of carbonyl (C=O) groups is 1. The molecular formula is C16H21N5O4S. The Morgan fingerprint density at radius 2 is 1.92 bits per heavy atom. The largest absolute Gasteiger partial charge is 0.383 e. The van der Waals surface area contributed by atoms with Gasteiger partial charge >= 0.3 is 10.1 Å². The number of nitrogens with two attached hydrogens (primary N) is 1. The molecule has 0 bridgehead atoms. The number of benzene rings is 1. The molecule has 26 heavy (non-hydrogen) atoms. The van der Waals surface area contributed by atoms with Crippen LogP contribution in [0.5, 0.6) is 5.75 Å². The van der Waals surface area contributed by atoms with Crippen LogP contribution in [0.25, 0.3) is 0 Å². The smallest absolute Gasteiger partial charge is 0.306 e. The minimum atomic E-state index is -3.58. The number of hydrogen-bond acceptors (Lipinski definition) is 8. The van der Waals surface area contributed by atoms with Gasteiger partial charge in [-0.05, 0) is 30.2 Å². The highest BCUT2D eigenvalue weighted by Crippen LogP contribution is 2.21. The molecule has 0 unspecified atom stereocenters. The molecule has 0 aliphatic carbocycles. The summed E-state index contributed by atoms with van der Waals surface area (Å²) in [5.41, 5.74) is 6.17. The van der Waals surface area contributed by atoms with Crippen molar-refractivity contribution >= 4 is 33.5 Å². The van der Waals surface area contributed by atoms with Crippen LogP contribution in [0.3, 0.4) is 0 Å². The predicted molar refractivity (Wildman–Crippen MR) is 99.1 cm³/mol. The number of amides is 1. The van der Waals surface area contributed by atoms with Crippen LogP contribution in [0.15, 0.2) is 30.5 Å². The number of hydrogen-bond donors (Lipinski definition) is 3. The Kier molecular flexibility index (Phi) is 5.98. The van der Waals surface area contributed by atoms with Crippen LogP contribution in [-0.4, -0.2) is 37.1 Å². The fraction of sp³-hybridized carbons (Fsp3) is 0.312. The predicted octanol–water partition coefficient (Wildman–Crippen LogP) is 1.73. The normalized spacial score (nSPS) is 11.2. The third-order valence-electron chi connectivity index (χ3n) is 3.09. The summed E-state index contributed by atoms with van der Waals surface area (Å²) in [4.78, 5) is 19.9. The first kappa shape index (κ1) is 19.4. The number of anilines is 3. The van der Waals surface area contributed by atoms with Gasteiger partial charge in [-0.3, -0.25) is 4.79 Å². The maximum atomic E-state index is 11.5. The van der Waals surface area contributed by atoms with Crippen molar-refractivity contribution in [3.8, 4) is 5.75 Å². The lowest BCUT2D eigenvalue weighted by Crippen LogP contribution is -2.18. The van der Waals surface area contributed by atoms with Crippen LogP contribution in [0.2, 0.25) is 0 Å². The summed E-state index contributed by atoms with van der Waals surface area (Å²) in [6, 6.07) is 6.23. The molecule has 140 valence electrons. The molecule has 1 heterocycles. The van der Waals surface area contributed by atoms with Crippen molar-refractivity contribution in [3.05, 3.63) is 36.0 Å². The maximum absolute atomic E-state index is 11.5. The summed E-state index contributed by atoms with van der Waals surface area (Å²) in [6.07, 6.45) is 2.32.